The van der Waals surface area contributed by atoms with Gasteiger partial charge in [-0.25, -0.2) is 4.99 Å². The van der Waals surface area contributed by atoms with Crippen LogP contribution < -0.4 is 5.32 Å². The Kier molecular flexibility index (Phi) is 6.90. The van der Waals surface area contributed by atoms with Crippen molar-refractivity contribution in [3.05, 3.63) is 65.2 Å². The minimum Gasteiger partial charge on any atom is -0.508 e. The van der Waals surface area contributed by atoms with Crippen molar-refractivity contribution >= 4 is 29.9 Å². The molecule has 128 valence electrons. The lowest BCUT2D eigenvalue weighted by Gasteiger charge is -2.31. The van der Waals surface area contributed by atoms with Crippen LogP contribution in [0.2, 0.25) is 0 Å². The first kappa shape index (κ1) is 18.6. The van der Waals surface area contributed by atoms with Gasteiger partial charge in [0.1, 0.15) is 5.75 Å². The van der Waals surface area contributed by atoms with Crippen LogP contribution in [0.3, 0.4) is 0 Å². The Balaban J connectivity index is 0.00000208. The molecule has 5 heteroatoms. The molecular weight excluding hydrogens is 413 g/mol. The van der Waals surface area contributed by atoms with E-state index >= 15 is 0 Å². The van der Waals surface area contributed by atoms with Crippen LogP contribution >= 0.6 is 24.0 Å². The number of nitrogens with one attached hydrogen (secondary N) is 1. The highest BCUT2D eigenvalue weighted by Crippen LogP contribution is 2.19. The van der Waals surface area contributed by atoms with Crippen molar-refractivity contribution < 1.29 is 5.11 Å². The number of benzene rings is 2. The van der Waals surface area contributed by atoms with Gasteiger partial charge in [-0.3, -0.25) is 0 Å². The molecule has 0 bridgehead atoms. The third-order valence-electron chi connectivity index (χ3n) is 4.09. The number of rotatable bonds is 3. The van der Waals surface area contributed by atoms with Crippen molar-refractivity contribution in [2.24, 2.45) is 4.99 Å². The molecule has 4 nitrogen and oxygen atoms in total. The van der Waals surface area contributed by atoms with E-state index < -0.39 is 0 Å². The Morgan fingerprint density at radius 3 is 2.71 bits per heavy atom. The van der Waals surface area contributed by atoms with Gasteiger partial charge in [0.25, 0.3) is 0 Å². The normalized spacial score (nSPS) is 13.9. The molecule has 1 aliphatic heterocycles. The number of phenolic OH excluding ortho intramolecular Hbond substituents is 1. The van der Waals surface area contributed by atoms with Gasteiger partial charge in [-0.2, -0.15) is 0 Å². The fraction of sp³-hybridized carbons (Fsp3) is 0.316. The minimum absolute atomic E-state index is 0. The fourth-order valence-corrected chi connectivity index (χ4v) is 2.92. The Bertz CT molecular complexity index is 703. The molecule has 0 amide bonds. The fourth-order valence-electron chi connectivity index (χ4n) is 2.92. The van der Waals surface area contributed by atoms with E-state index in [4.69, 9.17) is 4.99 Å². The van der Waals surface area contributed by atoms with Crippen molar-refractivity contribution in [3.8, 4) is 5.75 Å². The van der Waals surface area contributed by atoms with Crippen LogP contribution in [-0.4, -0.2) is 29.1 Å². The summed E-state index contributed by atoms with van der Waals surface area (Å²) in [6.45, 7) is 5.36. The smallest absolute Gasteiger partial charge is 0.194 e. The summed E-state index contributed by atoms with van der Waals surface area (Å²) in [4.78, 5) is 7.04. The van der Waals surface area contributed by atoms with Crippen molar-refractivity contribution in [1.82, 2.24) is 10.2 Å². The number of aromatic hydroxyl groups is 1. The molecule has 0 saturated heterocycles. The first-order valence-electron chi connectivity index (χ1n) is 8.14. The highest BCUT2D eigenvalue weighted by atomic mass is 127. The van der Waals surface area contributed by atoms with Crippen LogP contribution in [0, 0.1) is 0 Å². The monoisotopic (exact) mass is 437 g/mol. The van der Waals surface area contributed by atoms with Gasteiger partial charge in [-0.05, 0) is 42.2 Å². The molecule has 3 rings (SSSR count). The predicted octanol–water partition coefficient (Wildman–Crippen LogP) is 3.53. The van der Waals surface area contributed by atoms with Gasteiger partial charge in [-0.1, -0.05) is 36.4 Å². The highest BCUT2D eigenvalue weighted by molar-refractivity contribution is 14.0. The molecule has 0 atom stereocenters. The van der Waals surface area contributed by atoms with Gasteiger partial charge in [0.2, 0.25) is 0 Å². The van der Waals surface area contributed by atoms with Crippen LogP contribution in [0.5, 0.6) is 5.75 Å². The summed E-state index contributed by atoms with van der Waals surface area (Å²) in [5.74, 6) is 1.22. The third-order valence-corrected chi connectivity index (χ3v) is 4.09. The van der Waals surface area contributed by atoms with E-state index in [1.807, 2.05) is 12.1 Å². The third kappa shape index (κ3) is 4.63. The number of phenols is 1. The molecule has 2 aromatic carbocycles. The number of fused-ring (bicyclic) bond motifs is 1. The maximum atomic E-state index is 9.57. The lowest BCUT2D eigenvalue weighted by Crippen LogP contribution is -2.44. The molecular formula is C19H24IN3O. The molecule has 0 aromatic heterocycles. The highest BCUT2D eigenvalue weighted by Gasteiger charge is 2.18. The number of guanidine groups is 1. The second kappa shape index (κ2) is 8.92. The van der Waals surface area contributed by atoms with Crippen LogP contribution in [0.25, 0.3) is 0 Å². The quantitative estimate of drug-likeness (QED) is 0.439. The van der Waals surface area contributed by atoms with E-state index in [-0.39, 0.29) is 29.7 Å². The van der Waals surface area contributed by atoms with E-state index in [1.165, 1.54) is 11.1 Å². The van der Waals surface area contributed by atoms with Gasteiger partial charge in [0, 0.05) is 19.6 Å². The molecule has 0 radical (unpaired) electrons. The Morgan fingerprint density at radius 2 is 1.96 bits per heavy atom. The van der Waals surface area contributed by atoms with Gasteiger partial charge >= 0.3 is 0 Å². The van der Waals surface area contributed by atoms with Crippen LogP contribution in [0.1, 0.15) is 23.6 Å². The minimum atomic E-state index is 0. The summed E-state index contributed by atoms with van der Waals surface area (Å²) in [7, 11) is 0. The number of halogens is 1. The first-order valence-corrected chi connectivity index (χ1v) is 8.14. The summed E-state index contributed by atoms with van der Waals surface area (Å²) in [5, 5.41) is 12.9. The lowest BCUT2D eigenvalue weighted by molar-refractivity contribution is 0.378. The standard InChI is InChI=1S/C19H23N3O.HI/c1-2-20-19(21-13-15-6-5-9-18(23)12-15)22-11-10-16-7-3-4-8-17(16)14-22;/h3-9,12,23H,2,10-11,13-14H2,1H3,(H,20,21);1H. The number of hydrogen-bond donors (Lipinski definition) is 2. The molecule has 1 heterocycles. The zero-order valence-corrected chi connectivity index (χ0v) is 16.2. The van der Waals surface area contributed by atoms with Crippen LogP contribution in [0.4, 0.5) is 0 Å². The Labute approximate surface area is 160 Å². The zero-order valence-electron chi connectivity index (χ0n) is 13.9. The number of hydrogen-bond acceptors (Lipinski definition) is 2. The summed E-state index contributed by atoms with van der Waals surface area (Å²) < 4.78 is 0. The number of aliphatic imine (C=N–C) groups is 1. The zero-order chi connectivity index (χ0) is 16.1. The maximum Gasteiger partial charge on any atom is 0.194 e. The average molecular weight is 437 g/mol. The second-order valence-electron chi connectivity index (χ2n) is 5.78. The van der Waals surface area contributed by atoms with Crippen LogP contribution in [-0.2, 0) is 19.5 Å². The van der Waals surface area contributed by atoms with Gasteiger partial charge in [0.05, 0.1) is 6.54 Å². The van der Waals surface area contributed by atoms with E-state index in [9.17, 15) is 5.11 Å². The molecule has 2 N–H and O–H groups in total. The number of nitrogens with zero attached hydrogens (tertiary/aromatic N) is 2. The molecule has 1 aliphatic rings. The van der Waals surface area contributed by atoms with Gasteiger partial charge < -0.3 is 15.3 Å². The Morgan fingerprint density at radius 1 is 1.17 bits per heavy atom. The largest absolute Gasteiger partial charge is 0.508 e. The van der Waals surface area contributed by atoms with E-state index in [1.54, 1.807) is 12.1 Å². The predicted molar refractivity (Wildman–Crippen MR) is 109 cm³/mol. The van der Waals surface area contributed by atoms with Crippen LogP contribution in [0.15, 0.2) is 53.5 Å². The molecule has 2 aromatic rings. The maximum absolute atomic E-state index is 9.57. The van der Waals surface area contributed by atoms with Crippen molar-refractivity contribution in [3.63, 3.8) is 0 Å². The summed E-state index contributed by atoms with van der Waals surface area (Å²) in [6, 6.07) is 15.9. The Hall–Kier alpha value is -1.76. The first-order chi connectivity index (χ1) is 11.3. The summed E-state index contributed by atoms with van der Waals surface area (Å²) in [6.07, 6.45) is 1.05. The second-order valence-corrected chi connectivity index (χ2v) is 5.78. The molecule has 0 saturated carbocycles. The van der Waals surface area contributed by atoms with Crippen molar-refractivity contribution in [1.29, 1.82) is 0 Å². The molecule has 0 aliphatic carbocycles. The summed E-state index contributed by atoms with van der Waals surface area (Å²) in [5.41, 5.74) is 3.83. The average Bonchev–Trinajstić information content (AvgIpc) is 2.58. The SMILES string of the molecule is CCNC(=NCc1cccc(O)c1)N1CCc2ccccc2C1.I. The van der Waals surface area contributed by atoms with E-state index in [0.29, 0.717) is 6.54 Å². The molecule has 0 fully saturated rings. The van der Waals surface area contributed by atoms with E-state index in [2.05, 4.69) is 41.4 Å². The molecule has 0 spiro atoms. The molecule has 24 heavy (non-hydrogen) atoms. The van der Waals surface area contributed by atoms with Crippen molar-refractivity contribution in [2.75, 3.05) is 13.1 Å². The summed E-state index contributed by atoms with van der Waals surface area (Å²) >= 11 is 0. The topological polar surface area (TPSA) is 47.9 Å². The van der Waals surface area contributed by atoms with Gasteiger partial charge in [0.15, 0.2) is 5.96 Å². The van der Waals surface area contributed by atoms with E-state index in [0.717, 1.165) is 37.6 Å². The lowest BCUT2D eigenvalue weighted by atomic mass is 10.0. The molecule has 0 unspecified atom stereocenters. The van der Waals surface area contributed by atoms with Gasteiger partial charge in [-0.15, -0.1) is 24.0 Å². The van der Waals surface area contributed by atoms with Crippen molar-refractivity contribution in [2.45, 2.75) is 26.4 Å².